The second kappa shape index (κ2) is 8.09. The first-order chi connectivity index (χ1) is 13.5. The predicted octanol–water partition coefficient (Wildman–Crippen LogP) is 4.17. The highest BCUT2D eigenvalue weighted by atomic mass is 19.1. The summed E-state index contributed by atoms with van der Waals surface area (Å²) in [6, 6.07) is 16.5. The maximum Gasteiger partial charge on any atom is 0.344 e. The van der Waals surface area contributed by atoms with Crippen LogP contribution in [-0.2, 0) is 0 Å². The molecule has 28 heavy (non-hydrogen) atoms. The highest BCUT2D eigenvalue weighted by Gasteiger charge is 2.24. The third-order valence-corrected chi connectivity index (χ3v) is 3.64. The molecule has 0 heterocycles. The van der Waals surface area contributed by atoms with Crippen LogP contribution in [0.25, 0.3) is 0 Å². The molecule has 0 aliphatic heterocycles. The monoisotopic (exact) mass is 381 g/mol. The Bertz CT molecular complexity index is 1050. The van der Waals surface area contributed by atoms with Crippen LogP contribution in [0.15, 0.2) is 72.8 Å². The van der Waals surface area contributed by atoms with Gasteiger partial charge < -0.3 is 9.47 Å². The maximum absolute atomic E-state index is 13.2. The van der Waals surface area contributed by atoms with E-state index < -0.39 is 34.1 Å². The molecule has 3 rings (SSSR count). The summed E-state index contributed by atoms with van der Waals surface area (Å²) < 4.78 is 23.5. The van der Waals surface area contributed by atoms with E-state index in [9.17, 15) is 24.1 Å². The van der Waals surface area contributed by atoms with Crippen molar-refractivity contribution in [2.24, 2.45) is 0 Å². The molecule has 0 bridgehead atoms. The third kappa shape index (κ3) is 4.18. The van der Waals surface area contributed by atoms with Crippen molar-refractivity contribution in [1.82, 2.24) is 0 Å². The number of rotatable bonds is 5. The van der Waals surface area contributed by atoms with Crippen molar-refractivity contribution >= 4 is 17.6 Å². The SMILES string of the molecule is O=C(Oc1ccccc1)c1ccccc1C(=O)Oc1ccc(F)cc1[N+](=O)[O-]. The van der Waals surface area contributed by atoms with E-state index in [2.05, 4.69) is 0 Å². The zero-order valence-electron chi connectivity index (χ0n) is 14.2. The second-order valence-corrected chi connectivity index (χ2v) is 5.51. The number of carbonyl (C=O) groups excluding carboxylic acids is 2. The van der Waals surface area contributed by atoms with E-state index in [0.29, 0.717) is 6.07 Å². The summed E-state index contributed by atoms with van der Waals surface area (Å²) in [6.45, 7) is 0. The van der Waals surface area contributed by atoms with Crippen LogP contribution < -0.4 is 9.47 Å². The van der Waals surface area contributed by atoms with Gasteiger partial charge in [0.1, 0.15) is 11.6 Å². The Hall–Kier alpha value is -4.07. The molecular formula is C20H12FNO6. The molecule has 0 saturated heterocycles. The van der Waals surface area contributed by atoms with Crippen LogP contribution in [0.5, 0.6) is 11.5 Å². The van der Waals surface area contributed by atoms with Gasteiger partial charge >= 0.3 is 17.6 Å². The molecule has 3 aromatic rings. The molecule has 0 aliphatic carbocycles. The van der Waals surface area contributed by atoms with Gasteiger partial charge in [-0.15, -0.1) is 0 Å². The Morgan fingerprint density at radius 2 is 1.39 bits per heavy atom. The number of esters is 2. The molecule has 0 N–H and O–H groups in total. The van der Waals surface area contributed by atoms with E-state index in [4.69, 9.17) is 9.47 Å². The first kappa shape index (κ1) is 18.7. The van der Waals surface area contributed by atoms with E-state index in [1.807, 2.05) is 0 Å². The highest BCUT2D eigenvalue weighted by molar-refractivity contribution is 6.04. The van der Waals surface area contributed by atoms with Gasteiger partial charge in [0.15, 0.2) is 0 Å². The number of hydrogen-bond acceptors (Lipinski definition) is 6. The summed E-state index contributed by atoms with van der Waals surface area (Å²) in [5, 5.41) is 11.0. The van der Waals surface area contributed by atoms with Crippen molar-refractivity contribution in [3.05, 3.63) is 99.9 Å². The fourth-order valence-electron chi connectivity index (χ4n) is 2.36. The molecule has 0 atom stereocenters. The lowest BCUT2D eigenvalue weighted by atomic mass is 10.1. The molecule has 3 aromatic carbocycles. The Morgan fingerprint density at radius 1 is 0.821 bits per heavy atom. The standard InChI is InChI=1S/C20H12FNO6/c21-13-10-11-18(17(12-13)22(25)26)28-20(24)16-9-5-4-8-15(16)19(23)27-14-6-2-1-3-7-14/h1-12H. The Labute approximate surface area is 158 Å². The zero-order chi connectivity index (χ0) is 20.1. The van der Waals surface area contributed by atoms with Crippen LogP contribution >= 0.6 is 0 Å². The van der Waals surface area contributed by atoms with Crippen molar-refractivity contribution in [2.45, 2.75) is 0 Å². The molecule has 0 amide bonds. The van der Waals surface area contributed by atoms with Gasteiger partial charge in [-0.05, 0) is 36.4 Å². The molecule has 0 aromatic heterocycles. The van der Waals surface area contributed by atoms with E-state index in [1.165, 1.54) is 24.3 Å². The van der Waals surface area contributed by atoms with E-state index in [-0.39, 0.29) is 16.9 Å². The van der Waals surface area contributed by atoms with Crippen LogP contribution in [0.1, 0.15) is 20.7 Å². The molecule has 0 fully saturated rings. The van der Waals surface area contributed by atoms with Gasteiger partial charge in [-0.3, -0.25) is 10.1 Å². The summed E-state index contributed by atoms with van der Waals surface area (Å²) in [7, 11) is 0. The number of carbonyl (C=O) groups is 2. The molecule has 8 heteroatoms. The number of benzene rings is 3. The Morgan fingerprint density at radius 3 is 2.00 bits per heavy atom. The van der Waals surface area contributed by atoms with Gasteiger partial charge in [0.05, 0.1) is 22.1 Å². The number of ether oxygens (including phenoxy) is 2. The van der Waals surface area contributed by atoms with Crippen LogP contribution in [-0.4, -0.2) is 16.9 Å². The van der Waals surface area contributed by atoms with Crippen molar-refractivity contribution in [3.8, 4) is 11.5 Å². The first-order valence-electron chi connectivity index (χ1n) is 7.98. The summed E-state index contributed by atoms with van der Waals surface area (Å²) >= 11 is 0. The lowest BCUT2D eigenvalue weighted by molar-refractivity contribution is -0.385. The van der Waals surface area contributed by atoms with Crippen molar-refractivity contribution in [3.63, 3.8) is 0 Å². The topological polar surface area (TPSA) is 95.7 Å². The van der Waals surface area contributed by atoms with Crippen LogP contribution in [0, 0.1) is 15.9 Å². The number of halogens is 1. The minimum absolute atomic E-state index is 0.0823. The second-order valence-electron chi connectivity index (χ2n) is 5.51. The van der Waals surface area contributed by atoms with E-state index in [1.54, 1.807) is 30.3 Å². The van der Waals surface area contributed by atoms with Crippen molar-refractivity contribution in [1.29, 1.82) is 0 Å². The maximum atomic E-state index is 13.2. The average molecular weight is 381 g/mol. The zero-order valence-corrected chi connectivity index (χ0v) is 14.2. The van der Waals surface area contributed by atoms with Gasteiger partial charge in [-0.25, -0.2) is 14.0 Å². The lowest BCUT2D eigenvalue weighted by Crippen LogP contribution is -2.17. The van der Waals surface area contributed by atoms with E-state index >= 15 is 0 Å². The van der Waals surface area contributed by atoms with Gasteiger partial charge in [0, 0.05) is 0 Å². The van der Waals surface area contributed by atoms with Gasteiger partial charge in [0.2, 0.25) is 5.75 Å². The number of nitro benzene ring substituents is 1. The number of hydrogen-bond donors (Lipinski definition) is 0. The third-order valence-electron chi connectivity index (χ3n) is 3.64. The largest absolute Gasteiger partial charge is 0.423 e. The molecule has 0 aliphatic rings. The van der Waals surface area contributed by atoms with Crippen LogP contribution in [0.3, 0.4) is 0 Å². The molecule has 140 valence electrons. The van der Waals surface area contributed by atoms with Gasteiger partial charge in [-0.1, -0.05) is 30.3 Å². The summed E-state index contributed by atoms with van der Waals surface area (Å²) in [6.07, 6.45) is 0. The number of nitro groups is 1. The molecule has 7 nitrogen and oxygen atoms in total. The van der Waals surface area contributed by atoms with Crippen LogP contribution in [0.4, 0.5) is 10.1 Å². The predicted molar refractivity (Wildman–Crippen MR) is 95.9 cm³/mol. The molecule has 0 saturated carbocycles. The Kier molecular flexibility index (Phi) is 5.40. The lowest BCUT2D eigenvalue weighted by Gasteiger charge is -2.09. The fraction of sp³-hybridized carbons (Fsp3) is 0. The molecular weight excluding hydrogens is 369 g/mol. The van der Waals surface area contributed by atoms with Crippen LogP contribution in [0.2, 0.25) is 0 Å². The summed E-state index contributed by atoms with van der Waals surface area (Å²) in [5.41, 5.74) is -0.944. The minimum atomic E-state index is -1.02. The summed E-state index contributed by atoms with van der Waals surface area (Å²) in [4.78, 5) is 35.1. The van der Waals surface area contributed by atoms with Gasteiger partial charge in [0.25, 0.3) is 0 Å². The fourth-order valence-corrected chi connectivity index (χ4v) is 2.36. The highest BCUT2D eigenvalue weighted by Crippen LogP contribution is 2.28. The van der Waals surface area contributed by atoms with Gasteiger partial charge in [-0.2, -0.15) is 0 Å². The average Bonchev–Trinajstić information content (AvgIpc) is 2.70. The van der Waals surface area contributed by atoms with Crippen molar-refractivity contribution < 1.29 is 28.4 Å². The molecule has 0 unspecified atom stereocenters. The molecule has 0 spiro atoms. The number of nitrogens with zero attached hydrogens (tertiary/aromatic N) is 1. The Balaban J connectivity index is 1.88. The molecule has 0 radical (unpaired) electrons. The first-order valence-corrected chi connectivity index (χ1v) is 7.98. The smallest absolute Gasteiger partial charge is 0.344 e. The summed E-state index contributed by atoms with van der Waals surface area (Å²) in [5.74, 6) is -2.83. The quantitative estimate of drug-likeness (QED) is 0.285. The minimum Gasteiger partial charge on any atom is -0.423 e. The van der Waals surface area contributed by atoms with Crippen molar-refractivity contribution in [2.75, 3.05) is 0 Å². The normalized spacial score (nSPS) is 10.2. The van der Waals surface area contributed by atoms with E-state index in [0.717, 1.165) is 12.1 Å². The number of para-hydroxylation sites is 1.